The van der Waals surface area contributed by atoms with E-state index in [-0.39, 0.29) is 11.3 Å². The summed E-state index contributed by atoms with van der Waals surface area (Å²) < 4.78 is 11.3. The summed E-state index contributed by atoms with van der Waals surface area (Å²) in [5, 5.41) is 11.4. The Morgan fingerprint density at radius 3 is 2.38 bits per heavy atom. The molecule has 1 fully saturated rings. The van der Waals surface area contributed by atoms with Crippen molar-refractivity contribution in [2.45, 2.75) is 26.8 Å². The number of aryl methyl sites for hydroxylation is 1. The van der Waals surface area contributed by atoms with E-state index in [1.165, 1.54) is 4.90 Å². The number of hydrogen-bond acceptors (Lipinski definition) is 6. The van der Waals surface area contributed by atoms with Gasteiger partial charge in [-0.2, -0.15) is 0 Å². The first-order valence-corrected chi connectivity index (χ1v) is 11.1. The largest absolute Gasteiger partial charge is 0.507 e. The maximum absolute atomic E-state index is 13.3. The molecule has 1 aliphatic heterocycles. The Kier molecular flexibility index (Phi) is 6.63. The van der Waals surface area contributed by atoms with Crippen molar-refractivity contribution in [3.05, 3.63) is 89.3 Å². The van der Waals surface area contributed by atoms with Crippen LogP contribution >= 0.6 is 0 Å². The van der Waals surface area contributed by atoms with Gasteiger partial charge in [0.05, 0.1) is 30.0 Å². The zero-order valence-corrected chi connectivity index (χ0v) is 19.3. The lowest BCUT2D eigenvalue weighted by atomic mass is 9.97. The van der Waals surface area contributed by atoms with Gasteiger partial charge in [-0.05, 0) is 57.2 Å². The first kappa shape index (κ1) is 23.0. The highest BCUT2D eigenvalue weighted by atomic mass is 16.5. The molecule has 0 aliphatic carbocycles. The van der Waals surface area contributed by atoms with Gasteiger partial charge in [0, 0.05) is 18.0 Å². The van der Waals surface area contributed by atoms with Crippen LogP contribution in [0.2, 0.25) is 0 Å². The molecule has 0 saturated carbocycles. The zero-order chi connectivity index (χ0) is 24.2. The molecule has 1 amide bonds. The molecule has 1 unspecified atom stereocenters. The minimum atomic E-state index is -0.898. The van der Waals surface area contributed by atoms with E-state index < -0.39 is 17.7 Å². The van der Waals surface area contributed by atoms with Crippen LogP contribution in [0.3, 0.4) is 0 Å². The van der Waals surface area contributed by atoms with Crippen molar-refractivity contribution >= 4 is 23.1 Å². The molecular weight excluding hydrogens is 432 g/mol. The van der Waals surface area contributed by atoms with Crippen molar-refractivity contribution in [1.29, 1.82) is 0 Å². The summed E-state index contributed by atoms with van der Waals surface area (Å²) in [6.45, 7) is 6.44. The molecular formula is C27H26N2O5. The molecule has 1 atom stereocenters. The smallest absolute Gasteiger partial charge is 0.300 e. The highest BCUT2D eigenvalue weighted by molar-refractivity contribution is 6.51. The number of hydrogen-bond donors (Lipinski definition) is 1. The van der Waals surface area contributed by atoms with Crippen LogP contribution in [-0.2, 0) is 9.59 Å². The van der Waals surface area contributed by atoms with Crippen LogP contribution in [0, 0.1) is 6.92 Å². The number of amides is 1. The molecule has 1 aromatic heterocycles. The van der Waals surface area contributed by atoms with Gasteiger partial charge < -0.3 is 14.6 Å². The summed E-state index contributed by atoms with van der Waals surface area (Å²) in [7, 11) is 0. The Balaban J connectivity index is 1.92. The fraction of sp³-hybridized carbons (Fsp3) is 0.222. The van der Waals surface area contributed by atoms with E-state index in [4.69, 9.17) is 9.47 Å². The quantitative estimate of drug-likeness (QED) is 0.310. The van der Waals surface area contributed by atoms with Gasteiger partial charge in [-0.1, -0.05) is 23.8 Å². The number of ketones is 1. The molecule has 1 N–H and O–H groups in total. The number of ether oxygens (including phenoxy) is 2. The number of nitrogens with zero attached hydrogens (tertiary/aromatic N) is 2. The van der Waals surface area contributed by atoms with Crippen LogP contribution in [0.5, 0.6) is 11.5 Å². The van der Waals surface area contributed by atoms with Gasteiger partial charge in [-0.3, -0.25) is 19.5 Å². The van der Waals surface area contributed by atoms with Crippen LogP contribution in [0.25, 0.3) is 5.76 Å². The second kappa shape index (κ2) is 9.79. The summed E-state index contributed by atoms with van der Waals surface area (Å²) in [5.41, 5.74) is 2.28. The first-order valence-electron chi connectivity index (χ1n) is 11.1. The van der Waals surface area contributed by atoms with Gasteiger partial charge in [0.1, 0.15) is 23.3 Å². The van der Waals surface area contributed by atoms with E-state index in [1.54, 1.807) is 54.7 Å². The SMILES string of the molecule is CCOc1ccc(/C(O)=C2/C(=O)C(=O)N(c3ccc(C)cc3)C2c2ccccn2)c(OCC)c1. The minimum Gasteiger partial charge on any atom is -0.507 e. The van der Waals surface area contributed by atoms with Crippen molar-refractivity contribution < 1.29 is 24.2 Å². The average molecular weight is 459 g/mol. The number of anilines is 1. The Bertz CT molecular complexity index is 1240. The number of benzene rings is 2. The Hall–Kier alpha value is -4.13. The summed E-state index contributed by atoms with van der Waals surface area (Å²) >= 11 is 0. The zero-order valence-electron chi connectivity index (χ0n) is 19.3. The third-order valence-corrected chi connectivity index (χ3v) is 5.54. The molecule has 3 aromatic rings. The van der Waals surface area contributed by atoms with Gasteiger partial charge in [0.25, 0.3) is 11.7 Å². The van der Waals surface area contributed by atoms with Crippen molar-refractivity contribution in [1.82, 2.24) is 4.98 Å². The molecule has 2 aromatic carbocycles. The summed E-state index contributed by atoms with van der Waals surface area (Å²) in [5.74, 6) is -0.915. The van der Waals surface area contributed by atoms with E-state index in [0.717, 1.165) is 5.56 Å². The molecule has 2 heterocycles. The standard InChI is InChI=1S/C27H26N2O5/c1-4-33-19-13-14-20(22(16-19)34-5-2)25(30)23-24(21-8-6-7-15-28-21)29(27(32)26(23)31)18-11-9-17(3)10-12-18/h6-16,24,30H,4-5H2,1-3H3/b25-23-. The van der Waals surface area contributed by atoms with Crippen LogP contribution < -0.4 is 14.4 Å². The van der Waals surface area contributed by atoms with Crippen molar-refractivity contribution in [2.75, 3.05) is 18.1 Å². The predicted molar refractivity (Wildman–Crippen MR) is 129 cm³/mol. The summed E-state index contributed by atoms with van der Waals surface area (Å²) in [6.07, 6.45) is 1.59. The number of aliphatic hydroxyl groups excluding tert-OH is 1. The van der Waals surface area contributed by atoms with E-state index in [1.807, 2.05) is 32.9 Å². The number of aromatic nitrogens is 1. The molecule has 0 spiro atoms. The topological polar surface area (TPSA) is 89.0 Å². The van der Waals surface area contributed by atoms with Gasteiger partial charge in [-0.25, -0.2) is 0 Å². The third-order valence-electron chi connectivity index (χ3n) is 5.54. The highest BCUT2D eigenvalue weighted by Gasteiger charge is 2.47. The second-order valence-electron chi connectivity index (χ2n) is 7.78. The molecule has 1 aliphatic rings. The maximum Gasteiger partial charge on any atom is 0.300 e. The normalized spacial score (nSPS) is 17.1. The van der Waals surface area contributed by atoms with Crippen LogP contribution in [0.15, 0.2) is 72.4 Å². The molecule has 1 saturated heterocycles. The average Bonchev–Trinajstić information content (AvgIpc) is 3.11. The lowest BCUT2D eigenvalue weighted by Crippen LogP contribution is -2.29. The van der Waals surface area contributed by atoms with Crippen LogP contribution in [-0.4, -0.2) is 35.0 Å². The molecule has 174 valence electrons. The lowest BCUT2D eigenvalue weighted by molar-refractivity contribution is -0.132. The van der Waals surface area contributed by atoms with E-state index in [9.17, 15) is 14.7 Å². The van der Waals surface area contributed by atoms with E-state index >= 15 is 0 Å². The van der Waals surface area contributed by atoms with Crippen molar-refractivity contribution in [2.24, 2.45) is 0 Å². The molecule has 7 heteroatoms. The number of carbonyl (C=O) groups excluding carboxylic acids is 2. The minimum absolute atomic E-state index is 0.0469. The predicted octanol–water partition coefficient (Wildman–Crippen LogP) is 4.81. The fourth-order valence-corrected chi connectivity index (χ4v) is 4.00. The number of aliphatic hydroxyl groups is 1. The van der Waals surface area contributed by atoms with Gasteiger partial charge in [0.2, 0.25) is 0 Å². The van der Waals surface area contributed by atoms with Gasteiger partial charge in [0.15, 0.2) is 0 Å². The molecule has 4 rings (SSSR count). The maximum atomic E-state index is 13.3. The Morgan fingerprint density at radius 2 is 1.74 bits per heavy atom. The number of carbonyl (C=O) groups is 2. The number of Topliss-reactive ketones (excluding diaryl/α,β-unsaturated/α-hetero) is 1. The first-order chi connectivity index (χ1) is 16.5. The lowest BCUT2D eigenvalue weighted by Gasteiger charge is -2.25. The molecule has 0 bridgehead atoms. The van der Waals surface area contributed by atoms with E-state index in [2.05, 4.69) is 4.98 Å². The number of pyridine rings is 1. The Morgan fingerprint density at radius 1 is 1.00 bits per heavy atom. The van der Waals surface area contributed by atoms with Gasteiger partial charge in [-0.15, -0.1) is 0 Å². The van der Waals surface area contributed by atoms with Crippen molar-refractivity contribution in [3.63, 3.8) is 0 Å². The molecule has 7 nitrogen and oxygen atoms in total. The molecule has 34 heavy (non-hydrogen) atoms. The third kappa shape index (κ3) is 4.24. The highest BCUT2D eigenvalue weighted by Crippen LogP contribution is 2.43. The van der Waals surface area contributed by atoms with E-state index in [0.29, 0.717) is 41.7 Å². The monoisotopic (exact) mass is 458 g/mol. The van der Waals surface area contributed by atoms with Crippen molar-refractivity contribution in [3.8, 4) is 11.5 Å². The summed E-state index contributed by atoms with van der Waals surface area (Å²) in [4.78, 5) is 32.3. The van der Waals surface area contributed by atoms with Crippen LogP contribution in [0.1, 0.15) is 36.7 Å². The van der Waals surface area contributed by atoms with Gasteiger partial charge >= 0.3 is 0 Å². The second-order valence-corrected chi connectivity index (χ2v) is 7.78. The molecule has 0 radical (unpaired) electrons. The Labute approximate surface area is 198 Å². The summed E-state index contributed by atoms with van der Waals surface area (Å²) in [6, 6.07) is 16.6. The van der Waals surface area contributed by atoms with Crippen LogP contribution in [0.4, 0.5) is 5.69 Å². The fourth-order valence-electron chi connectivity index (χ4n) is 4.00. The number of rotatable bonds is 7.